The molecule has 1 atom stereocenters. The Morgan fingerprint density at radius 2 is 2.11 bits per heavy atom. The molecule has 6 nitrogen and oxygen atoms in total. The molecule has 0 aliphatic heterocycles. The zero-order valence-electron chi connectivity index (χ0n) is 16.1. The molecule has 1 amide bonds. The molecule has 3 aromatic heterocycles. The number of rotatable bonds is 5. The lowest BCUT2D eigenvalue weighted by molar-refractivity contribution is -0.123. The number of carbonyl (C=O) groups is 1. The highest BCUT2D eigenvalue weighted by Crippen LogP contribution is 2.33. The number of hydrogen-bond acceptors (Lipinski definition) is 6. The summed E-state index contributed by atoms with van der Waals surface area (Å²) in [5.41, 5.74) is 0.511. The van der Waals surface area contributed by atoms with Gasteiger partial charge in [0.15, 0.2) is 0 Å². The van der Waals surface area contributed by atoms with Gasteiger partial charge in [-0.3, -0.25) is 14.5 Å². The molecule has 0 fully saturated rings. The van der Waals surface area contributed by atoms with E-state index < -0.39 is 0 Å². The largest absolute Gasteiger partial charge is 0.350 e. The number of fused-ring (bicyclic) bond motifs is 1. The van der Waals surface area contributed by atoms with E-state index in [9.17, 15) is 9.59 Å². The van der Waals surface area contributed by atoms with Crippen LogP contribution in [-0.4, -0.2) is 39.9 Å². The lowest BCUT2D eigenvalue weighted by atomic mass is 10.1. The zero-order valence-corrected chi connectivity index (χ0v) is 17.8. The third-order valence-corrected chi connectivity index (χ3v) is 5.99. The van der Waals surface area contributed by atoms with Crippen molar-refractivity contribution < 1.29 is 4.79 Å². The van der Waals surface area contributed by atoms with Gasteiger partial charge in [-0.25, -0.2) is 4.98 Å². The van der Waals surface area contributed by atoms with E-state index in [1.807, 2.05) is 62.5 Å². The summed E-state index contributed by atoms with van der Waals surface area (Å²) >= 11 is 3.07. The van der Waals surface area contributed by atoms with Gasteiger partial charge in [0.25, 0.3) is 5.56 Å². The van der Waals surface area contributed by atoms with E-state index in [2.05, 4.69) is 15.3 Å². The van der Waals surface area contributed by atoms with E-state index in [1.54, 1.807) is 11.3 Å². The lowest BCUT2D eigenvalue weighted by Crippen LogP contribution is -2.45. The second-order valence-electron chi connectivity index (χ2n) is 7.65. The van der Waals surface area contributed by atoms with Gasteiger partial charge in [-0.2, -0.15) is 0 Å². The Hall–Kier alpha value is -2.03. The van der Waals surface area contributed by atoms with Crippen LogP contribution in [0, 0.1) is 0 Å². The van der Waals surface area contributed by atoms with Crippen molar-refractivity contribution in [2.24, 2.45) is 0 Å². The first-order chi connectivity index (χ1) is 12.7. The summed E-state index contributed by atoms with van der Waals surface area (Å²) in [6.45, 7) is 8.00. The zero-order chi connectivity index (χ0) is 19.8. The molecule has 3 heterocycles. The van der Waals surface area contributed by atoms with Crippen molar-refractivity contribution in [2.75, 3.05) is 13.6 Å². The van der Waals surface area contributed by atoms with Crippen LogP contribution >= 0.6 is 22.7 Å². The summed E-state index contributed by atoms with van der Waals surface area (Å²) in [4.78, 5) is 36.1. The van der Waals surface area contributed by atoms with Crippen LogP contribution in [0.15, 0.2) is 27.7 Å². The highest BCUT2D eigenvalue weighted by molar-refractivity contribution is 7.18. The molecule has 27 heavy (non-hydrogen) atoms. The number of H-pyrrole nitrogens is 1. The maximum atomic E-state index is 12.7. The minimum absolute atomic E-state index is 0.0589. The van der Waals surface area contributed by atoms with E-state index in [0.29, 0.717) is 11.2 Å². The van der Waals surface area contributed by atoms with E-state index in [1.165, 1.54) is 11.3 Å². The molecule has 144 valence electrons. The fourth-order valence-corrected chi connectivity index (χ4v) is 4.58. The molecule has 0 unspecified atom stereocenters. The van der Waals surface area contributed by atoms with Crippen molar-refractivity contribution in [1.82, 2.24) is 20.2 Å². The molecular weight excluding hydrogens is 380 g/mol. The van der Waals surface area contributed by atoms with E-state index >= 15 is 0 Å². The van der Waals surface area contributed by atoms with Gasteiger partial charge < -0.3 is 10.3 Å². The predicted octanol–water partition coefficient (Wildman–Crippen LogP) is 3.62. The van der Waals surface area contributed by atoms with Crippen LogP contribution in [0.25, 0.3) is 20.7 Å². The van der Waals surface area contributed by atoms with Gasteiger partial charge in [-0.1, -0.05) is 6.07 Å². The number of aromatic amines is 1. The molecule has 0 spiro atoms. The second-order valence-corrected chi connectivity index (χ2v) is 9.45. The first-order valence-electron chi connectivity index (χ1n) is 8.72. The number of hydrogen-bond donors (Lipinski definition) is 2. The summed E-state index contributed by atoms with van der Waals surface area (Å²) in [6.07, 6.45) is 0. The molecule has 0 saturated heterocycles. The predicted molar refractivity (Wildman–Crippen MR) is 112 cm³/mol. The fraction of sp³-hybridized carbons (Fsp3) is 0.421. The Labute approximate surface area is 166 Å². The maximum absolute atomic E-state index is 12.7. The number of carbonyl (C=O) groups excluding carboxylic acids is 1. The van der Waals surface area contributed by atoms with Crippen LogP contribution in [0.4, 0.5) is 0 Å². The standard InChI is InChI=1S/C19H24N4O2S2/c1-11(23(5)9-14(24)22-19(2,3)4)16-20-17(25)15-12(10-27-18(15)21-16)13-7-6-8-26-13/h6-8,10-11H,9H2,1-5H3,(H,22,24)(H,20,21,25)/t11-/m1/s1. The average molecular weight is 405 g/mol. The van der Waals surface area contributed by atoms with Crippen LogP contribution in [0.1, 0.15) is 39.6 Å². The number of thiophene rings is 2. The van der Waals surface area contributed by atoms with Crippen molar-refractivity contribution >= 4 is 38.8 Å². The van der Waals surface area contributed by atoms with E-state index in [4.69, 9.17) is 0 Å². The van der Waals surface area contributed by atoms with E-state index in [-0.39, 0.29) is 29.6 Å². The number of nitrogens with zero attached hydrogens (tertiary/aromatic N) is 2. The Bertz CT molecular complexity index is 999. The summed E-state index contributed by atoms with van der Waals surface area (Å²) in [6, 6.07) is 3.78. The third kappa shape index (κ3) is 4.45. The molecule has 0 saturated carbocycles. The molecule has 8 heteroatoms. The van der Waals surface area contributed by atoms with Crippen molar-refractivity contribution in [3.05, 3.63) is 39.1 Å². The topological polar surface area (TPSA) is 78.1 Å². The van der Waals surface area contributed by atoms with E-state index in [0.717, 1.165) is 15.3 Å². The van der Waals surface area contributed by atoms with Crippen LogP contribution in [-0.2, 0) is 4.79 Å². The van der Waals surface area contributed by atoms with Crippen molar-refractivity contribution in [3.63, 3.8) is 0 Å². The summed E-state index contributed by atoms with van der Waals surface area (Å²) in [5, 5.41) is 7.55. The Balaban J connectivity index is 1.85. The van der Waals surface area contributed by atoms with Crippen LogP contribution in [0.5, 0.6) is 0 Å². The van der Waals surface area contributed by atoms with Gasteiger partial charge in [0.2, 0.25) is 5.91 Å². The molecule has 0 bridgehead atoms. The fourth-order valence-electron chi connectivity index (χ4n) is 2.81. The van der Waals surface area contributed by atoms with Gasteiger partial charge in [0.1, 0.15) is 10.7 Å². The molecular formula is C19H24N4O2S2. The van der Waals surface area contributed by atoms with Gasteiger partial charge in [0, 0.05) is 21.4 Å². The summed E-state index contributed by atoms with van der Waals surface area (Å²) in [5.74, 6) is 0.509. The Morgan fingerprint density at radius 3 is 2.74 bits per heavy atom. The van der Waals surface area contributed by atoms with Gasteiger partial charge in [0.05, 0.1) is 18.0 Å². The maximum Gasteiger partial charge on any atom is 0.260 e. The van der Waals surface area contributed by atoms with Crippen molar-refractivity contribution in [3.8, 4) is 10.4 Å². The number of aromatic nitrogens is 2. The number of nitrogens with one attached hydrogen (secondary N) is 2. The SMILES string of the molecule is C[C@H](c1nc2scc(-c3cccs3)c2c(=O)[nH]1)N(C)CC(=O)NC(C)(C)C. The molecule has 0 aliphatic carbocycles. The monoisotopic (exact) mass is 404 g/mol. The quantitative estimate of drug-likeness (QED) is 0.681. The first-order valence-corrected chi connectivity index (χ1v) is 10.5. The highest BCUT2D eigenvalue weighted by atomic mass is 32.1. The average Bonchev–Trinajstić information content (AvgIpc) is 3.20. The highest BCUT2D eigenvalue weighted by Gasteiger charge is 2.21. The molecule has 3 rings (SSSR count). The molecule has 3 aromatic rings. The van der Waals surface area contributed by atoms with Gasteiger partial charge in [-0.15, -0.1) is 22.7 Å². The van der Waals surface area contributed by atoms with Crippen LogP contribution in [0.3, 0.4) is 0 Å². The minimum Gasteiger partial charge on any atom is -0.350 e. The molecule has 0 radical (unpaired) electrons. The minimum atomic E-state index is -0.276. The normalized spacial score (nSPS) is 13.3. The summed E-state index contributed by atoms with van der Waals surface area (Å²) < 4.78 is 0. The molecule has 0 aromatic carbocycles. The second kappa shape index (κ2) is 7.53. The lowest BCUT2D eigenvalue weighted by Gasteiger charge is -2.26. The Morgan fingerprint density at radius 1 is 1.37 bits per heavy atom. The Kier molecular flexibility index (Phi) is 5.50. The van der Waals surface area contributed by atoms with Gasteiger partial charge in [-0.05, 0) is 46.2 Å². The first kappa shape index (κ1) is 19.7. The van der Waals surface area contributed by atoms with Gasteiger partial charge >= 0.3 is 0 Å². The van der Waals surface area contributed by atoms with Crippen LogP contribution in [0.2, 0.25) is 0 Å². The summed E-state index contributed by atoms with van der Waals surface area (Å²) in [7, 11) is 1.85. The smallest absolute Gasteiger partial charge is 0.260 e. The van der Waals surface area contributed by atoms with Crippen molar-refractivity contribution in [1.29, 1.82) is 0 Å². The van der Waals surface area contributed by atoms with Crippen molar-refractivity contribution in [2.45, 2.75) is 39.3 Å². The number of likely N-dealkylation sites (N-methyl/N-ethyl adjacent to an activating group) is 1. The van der Waals surface area contributed by atoms with Crippen LogP contribution < -0.4 is 10.9 Å². The molecule has 2 N–H and O–H groups in total. The number of amides is 1. The third-order valence-electron chi connectivity index (χ3n) is 4.21. The molecule has 0 aliphatic rings.